The van der Waals surface area contributed by atoms with Gasteiger partial charge in [0.1, 0.15) is 0 Å². The van der Waals surface area contributed by atoms with Crippen LogP contribution in [-0.4, -0.2) is 37.1 Å². The Bertz CT molecular complexity index is 848. The van der Waals surface area contributed by atoms with E-state index in [0.29, 0.717) is 18.5 Å². The minimum atomic E-state index is -4.78. The monoisotopic (exact) mass is 374 g/mol. The minimum absolute atomic E-state index is 0.207. The summed E-state index contributed by atoms with van der Waals surface area (Å²) in [7, 11) is -2.63. The highest BCUT2D eigenvalue weighted by Gasteiger charge is 2.42. The first kappa shape index (κ1) is 17.9. The first-order chi connectivity index (χ1) is 11.7. The summed E-state index contributed by atoms with van der Waals surface area (Å²) < 4.78 is 71.3. The van der Waals surface area contributed by atoms with Gasteiger partial charge in [-0.2, -0.15) is 18.3 Å². The van der Waals surface area contributed by atoms with Gasteiger partial charge in [-0.25, -0.2) is 8.42 Å². The molecule has 5 nitrogen and oxygen atoms in total. The zero-order valence-electron chi connectivity index (χ0n) is 13.4. The number of benzene rings is 1. The van der Waals surface area contributed by atoms with E-state index >= 15 is 0 Å². The fourth-order valence-electron chi connectivity index (χ4n) is 3.16. The Hall–Kier alpha value is -1.87. The molecule has 0 bridgehead atoms. The lowest BCUT2D eigenvalue weighted by Gasteiger charge is -2.18. The average Bonchev–Trinajstić information content (AvgIpc) is 3.25. The number of sulfone groups is 1. The van der Waals surface area contributed by atoms with Gasteiger partial charge in [0.15, 0.2) is 9.84 Å². The third kappa shape index (κ3) is 3.43. The average molecular weight is 374 g/mol. The van der Waals surface area contributed by atoms with E-state index in [1.807, 2.05) is 0 Å². The summed E-state index contributed by atoms with van der Waals surface area (Å²) in [4.78, 5) is -0.676. The number of nitrogens with zero attached hydrogens (tertiary/aromatic N) is 1. The maximum atomic E-state index is 13.5. The smallest absolute Gasteiger partial charge is 0.381 e. The number of nitrogens with one attached hydrogen (secondary N) is 1. The first-order valence-corrected chi connectivity index (χ1v) is 9.26. The van der Waals surface area contributed by atoms with Crippen molar-refractivity contribution in [1.29, 1.82) is 0 Å². The molecule has 0 saturated heterocycles. The lowest BCUT2D eigenvalue weighted by molar-refractivity contribution is -0.139. The Kier molecular flexibility index (Phi) is 4.63. The molecule has 1 fully saturated rings. The van der Waals surface area contributed by atoms with Crippen molar-refractivity contribution in [3.63, 3.8) is 0 Å². The van der Waals surface area contributed by atoms with Crippen LogP contribution < -0.4 is 0 Å². The molecule has 2 atom stereocenters. The summed E-state index contributed by atoms with van der Waals surface area (Å²) in [5.41, 5.74) is -0.541. The van der Waals surface area contributed by atoms with Crippen molar-refractivity contribution in [2.75, 3.05) is 7.11 Å². The molecule has 1 aromatic carbocycles. The Morgan fingerprint density at radius 1 is 1.24 bits per heavy atom. The first-order valence-electron chi connectivity index (χ1n) is 7.71. The maximum absolute atomic E-state index is 13.5. The molecule has 1 aromatic heterocycles. The Morgan fingerprint density at radius 3 is 2.56 bits per heavy atom. The van der Waals surface area contributed by atoms with Gasteiger partial charge in [0, 0.05) is 18.9 Å². The molecule has 25 heavy (non-hydrogen) atoms. The Labute approximate surface area is 143 Å². The number of ether oxygens (including phenoxy) is 1. The van der Waals surface area contributed by atoms with Crippen molar-refractivity contribution in [3.8, 4) is 11.3 Å². The van der Waals surface area contributed by atoms with E-state index in [9.17, 15) is 21.6 Å². The van der Waals surface area contributed by atoms with E-state index in [-0.39, 0.29) is 18.1 Å². The normalized spacial score (nSPS) is 21.6. The highest BCUT2D eigenvalue weighted by atomic mass is 32.2. The predicted molar refractivity (Wildman–Crippen MR) is 84.6 cm³/mol. The van der Waals surface area contributed by atoms with Crippen LogP contribution in [0.4, 0.5) is 13.2 Å². The summed E-state index contributed by atoms with van der Waals surface area (Å²) in [6, 6.07) is 4.76. The summed E-state index contributed by atoms with van der Waals surface area (Å²) in [5, 5.41) is 5.42. The van der Waals surface area contributed by atoms with Gasteiger partial charge in [-0.15, -0.1) is 0 Å². The van der Waals surface area contributed by atoms with Gasteiger partial charge in [-0.3, -0.25) is 5.10 Å². The van der Waals surface area contributed by atoms with Gasteiger partial charge in [-0.05, 0) is 37.5 Å². The van der Waals surface area contributed by atoms with Crippen LogP contribution in [0.1, 0.15) is 24.8 Å². The third-order valence-electron chi connectivity index (χ3n) is 4.51. The third-order valence-corrected chi connectivity index (χ3v) is 6.79. The second-order valence-electron chi connectivity index (χ2n) is 6.02. The van der Waals surface area contributed by atoms with Gasteiger partial charge in [-0.1, -0.05) is 6.07 Å². The minimum Gasteiger partial charge on any atom is -0.381 e. The molecule has 9 heteroatoms. The van der Waals surface area contributed by atoms with Crippen LogP contribution in [0.25, 0.3) is 11.3 Å². The zero-order valence-corrected chi connectivity index (χ0v) is 14.2. The second-order valence-corrected chi connectivity index (χ2v) is 8.21. The molecule has 2 unspecified atom stereocenters. The summed E-state index contributed by atoms with van der Waals surface area (Å²) in [6.45, 7) is 0. The number of halogens is 3. The van der Waals surface area contributed by atoms with Crippen molar-refractivity contribution in [3.05, 3.63) is 36.0 Å². The van der Waals surface area contributed by atoms with Crippen LogP contribution in [0.5, 0.6) is 0 Å². The predicted octanol–water partition coefficient (Wildman–Crippen LogP) is 3.44. The van der Waals surface area contributed by atoms with Crippen LogP contribution in [0.3, 0.4) is 0 Å². The van der Waals surface area contributed by atoms with Gasteiger partial charge >= 0.3 is 6.18 Å². The van der Waals surface area contributed by atoms with Crippen LogP contribution in [0.2, 0.25) is 0 Å². The van der Waals surface area contributed by atoms with Gasteiger partial charge in [0.05, 0.1) is 27.5 Å². The number of hydrogen-bond donors (Lipinski definition) is 1. The maximum Gasteiger partial charge on any atom is 0.417 e. The van der Waals surface area contributed by atoms with Gasteiger partial charge in [0.2, 0.25) is 0 Å². The SMILES string of the molecule is COC1CCC(S(=O)(=O)c2ccc(-c3ccn[nH]3)cc2C(F)(F)F)C1. The largest absolute Gasteiger partial charge is 0.417 e. The molecule has 0 spiro atoms. The molecule has 1 heterocycles. The number of rotatable bonds is 4. The molecule has 3 rings (SSSR count). The molecule has 136 valence electrons. The van der Waals surface area contributed by atoms with E-state index in [1.165, 1.54) is 25.4 Å². The Morgan fingerprint density at radius 2 is 2.00 bits per heavy atom. The van der Waals surface area contributed by atoms with Gasteiger partial charge in [0.25, 0.3) is 0 Å². The number of methoxy groups -OCH3 is 1. The lowest BCUT2D eigenvalue weighted by atomic mass is 10.1. The van der Waals surface area contributed by atoms with Crippen molar-refractivity contribution >= 4 is 9.84 Å². The molecule has 1 saturated carbocycles. The van der Waals surface area contributed by atoms with Crippen LogP contribution in [0.15, 0.2) is 35.4 Å². The summed E-state index contributed by atoms with van der Waals surface area (Å²) in [6.07, 6.45) is -2.58. The van der Waals surface area contributed by atoms with Crippen molar-refractivity contribution < 1.29 is 26.3 Å². The Balaban J connectivity index is 2.06. The summed E-state index contributed by atoms with van der Waals surface area (Å²) >= 11 is 0. The number of aromatic nitrogens is 2. The van der Waals surface area contributed by atoms with E-state index in [2.05, 4.69) is 10.2 Å². The topological polar surface area (TPSA) is 72.1 Å². The van der Waals surface area contributed by atoms with E-state index in [0.717, 1.165) is 12.1 Å². The molecule has 1 aliphatic carbocycles. The zero-order chi connectivity index (χ0) is 18.2. The van der Waals surface area contributed by atoms with Crippen molar-refractivity contribution in [1.82, 2.24) is 10.2 Å². The molecule has 1 N–H and O–H groups in total. The molecule has 2 aromatic rings. The van der Waals surface area contributed by atoms with Crippen LogP contribution in [-0.2, 0) is 20.8 Å². The van der Waals surface area contributed by atoms with E-state index in [1.54, 1.807) is 0 Å². The molecule has 0 aliphatic heterocycles. The second kappa shape index (κ2) is 6.45. The van der Waals surface area contributed by atoms with Crippen molar-refractivity contribution in [2.45, 2.75) is 41.7 Å². The fraction of sp³-hybridized carbons (Fsp3) is 0.438. The highest BCUT2D eigenvalue weighted by molar-refractivity contribution is 7.92. The summed E-state index contributed by atoms with van der Waals surface area (Å²) in [5.74, 6) is 0. The van der Waals surface area contributed by atoms with Crippen LogP contribution in [0, 0.1) is 0 Å². The van der Waals surface area contributed by atoms with Gasteiger partial charge < -0.3 is 4.74 Å². The lowest BCUT2D eigenvalue weighted by Crippen LogP contribution is -2.23. The molecule has 0 radical (unpaired) electrons. The molecule has 0 amide bonds. The number of aromatic amines is 1. The van der Waals surface area contributed by atoms with Crippen LogP contribution >= 0.6 is 0 Å². The van der Waals surface area contributed by atoms with E-state index < -0.39 is 31.7 Å². The molecule has 1 aliphatic rings. The quantitative estimate of drug-likeness (QED) is 0.890. The number of hydrogen-bond acceptors (Lipinski definition) is 4. The van der Waals surface area contributed by atoms with Crippen molar-refractivity contribution in [2.24, 2.45) is 0 Å². The molecular formula is C16H17F3N2O3S. The standard InChI is InChI=1S/C16H17F3N2O3S/c1-24-11-3-4-12(9-11)25(22,23)15-5-2-10(14-6-7-20-21-14)8-13(15)16(17,18)19/h2,5-8,11-12H,3-4,9H2,1H3,(H,20,21). The number of H-pyrrole nitrogens is 1. The number of alkyl halides is 3. The highest BCUT2D eigenvalue weighted by Crippen LogP contribution is 2.40. The van der Waals surface area contributed by atoms with E-state index in [4.69, 9.17) is 4.74 Å². The fourth-order valence-corrected chi connectivity index (χ4v) is 5.17. The molecular weight excluding hydrogens is 357 g/mol.